The lowest BCUT2D eigenvalue weighted by Crippen LogP contribution is -2.13. The molecule has 146 valence electrons. The van der Waals surface area contributed by atoms with Crippen molar-refractivity contribution in [2.75, 3.05) is 26.1 Å². The first-order valence-corrected chi connectivity index (χ1v) is 9.62. The minimum absolute atomic E-state index is 0.485. The van der Waals surface area contributed by atoms with Crippen LogP contribution in [0, 0.1) is 0 Å². The Balaban J connectivity index is 1.67. The van der Waals surface area contributed by atoms with E-state index in [0.717, 1.165) is 32.5 Å². The molecular weight excluding hydrogens is 434 g/mol. The highest BCUT2D eigenvalue weighted by Crippen LogP contribution is 2.31. The highest BCUT2D eigenvalue weighted by molar-refractivity contribution is 9.10. The van der Waals surface area contributed by atoms with E-state index in [4.69, 9.17) is 14.5 Å². The van der Waals surface area contributed by atoms with Crippen LogP contribution in [0.3, 0.4) is 0 Å². The number of halogens is 1. The van der Waals surface area contributed by atoms with E-state index in [9.17, 15) is 0 Å². The number of hydrogen-bond donors (Lipinski definition) is 0. The average Bonchev–Trinajstić information content (AvgIpc) is 2.73. The number of fused-ring (bicyclic) bond motifs is 1. The maximum absolute atomic E-state index is 5.91. The van der Waals surface area contributed by atoms with Crippen molar-refractivity contribution in [3.63, 3.8) is 0 Å². The zero-order valence-corrected chi connectivity index (χ0v) is 17.7. The normalized spacial score (nSPS) is 10.8. The summed E-state index contributed by atoms with van der Waals surface area (Å²) in [4.78, 5) is 19.5. The third-order valence-corrected chi connectivity index (χ3v) is 4.64. The third kappa shape index (κ3) is 4.12. The van der Waals surface area contributed by atoms with Crippen molar-refractivity contribution in [3.8, 4) is 28.6 Å². The lowest BCUT2D eigenvalue weighted by molar-refractivity contribution is 0.399. The Kier molecular flexibility index (Phi) is 5.26. The third-order valence-electron chi connectivity index (χ3n) is 4.20. The van der Waals surface area contributed by atoms with Crippen LogP contribution in [-0.4, -0.2) is 41.1 Å². The van der Waals surface area contributed by atoms with Crippen molar-refractivity contribution < 1.29 is 9.47 Å². The zero-order chi connectivity index (χ0) is 20.4. The Morgan fingerprint density at radius 1 is 0.931 bits per heavy atom. The molecule has 0 amide bonds. The maximum Gasteiger partial charge on any atom is 0.228 e. The van der Waals surface area contributed by atoms with Gasteiger partial charge in [-0.05, 0) is 46.3 Å². The number of hydrogen-bond acceptors (Lipinski definition) is 7. The molecule has 8 heteroatoms. The van der Waals surface area contributed by atoms with Crippen LogP contribution < -0.4 is 14.4 Å². The van der Waals surface area contributed by atoms with Crippen molar-refractivity contribution in [1.82, 2.24) is 19.9 Å². The zero-order valence-electron chi connectivity index (χ0n) is 16.1. The quantitative estimate of drug-likeness (QED) is 0.406. The molecule has 4 rings (SSSR count). The lowest BCUT2D eigenvalue weighted by Gasteiger charge is -2.13. The van der Waals surface area contributed by atoms with Crippen LogP contribution in [0.1, 0.15) is 0 Å². The van der Waals surface area contributed by atoms with E-state index in [1.807, 2.05) is 55.4 Å². The van der Waals surface area contributed by atoms with Crippen molar-refractivity contribution in [2.45, 2.75) is 0 Å². The second-order valence-corrected chi connectivity index (χ2v) is 7.27. The lowest BCUT2D eigenvalue weighted by atomic mass is 10.1. The van der Waals surface area contributed by atoms with Gasteiger partial charge in [0.25, 0.3) is 0 Å². The van der Waals surface area contributed by atoms with Crippen LogP contribution in [0.15, 0.2) is 59.5 Å². The molecule has 0 bridgehead atoms. The Morgan fingerprint density at radius 2 is 1.76 bits per heavy atom. The summed E-state index contributed by atoms with van der Waals surface area (Å²) in [6.07, 6.45) is 3.42. The first-order chi connectivity index (χ1) is 14.0. The molecule has 3 heterocycles. The number of aromatic nitrogens is 4. The molecule has 0 fully saturated rings. The van der Waals surface area contributed by atoms with Crippen molar-refractivity contribution in [1.29, 1.82) is 0 Å². The molecule has 0 spiro atoms. The summed E-state index contributed by atoms with van der Waals surface area (Å²) in [6.45, 7) is 0. The van der Waals surface area contributed by atoms with Gasteiger partial charge < -0.3 is 14.4 Å². The van der Waals surface area contributed by atoms with E-state index in [1.54, 1.807) is 25.6 Å². The van der Waals surface area contributed by atoms with Crippen LogP contribution >= 0.6 is 15.9 Å². The van der Waals surface area contributed by atoms with Crippen LogP contribution in [-0.2, 0) is 0 Å². The first kappa shape index (κ1) is 19.1. The average molecular weight is 452 g/mol. The summed E-state index contributed by atoms with van der Waals surface area (Å²) in [5, 5.41) is 0.962. The van der Waals surface area contributed by atoms with Crippen LogP contribution in [0.25, 0.3) is 22.2 Å². The maximum atomic E-state index is 5.91. The fourth-order valence-corrected chi connectivity index (χ4v) is 3.15. The summed E-state index contributed by atoms with van der Waals surface area (Å²) in [7, 11) is 5.35. The minimum atomic E-state index is 0.485. The molecule has 0 radical (unpaired) electrons. The molecule has 0 aliphatic rings. The van der Waals surface area contributed by atoms with E-state index < -0.39 is 0 Å². The Labute approximate surface area is 176 Å². The van der Waals surface area contributed by atoms with E-state index in [1.165, 1.54) is 0 Å². The predicted molar refractivity (Wildman–Crippen MR) is 116 cm³/mol. The number of methoxy groups -OCH3 is 1. The highest BCUT2D eigenvalue weighted by atomic mass is 79.9. The molecular formula is C21H18BrN5O2. The number of ether oxygens (including phenoxy) is 2. The Morgan fingerprint density at radius 3 is 2.52 bits per heavy atom. The van der Waals surface area contributed by atoms with Gasteiger partial charge in [-0.25, -0.2) is 15.0 Å². The molecule has 0 aliphatic carbocycles. The van der Waals surface area contributed by atoms with E-state index in [-0.39, 0.29) is 0 Å². The van der Waals surface area contributed by atoms with Gasteiger partial charge in [0.05, 0.1) is 23.9 Å². The number of benzene rings is 1. The van der Waals surface area contributed by atoms with E-state index in [0.29, 0.717) is 17.6 Å². The number of anilines is 1. The van der Waals surface area contributed by atoms with Crippen LogP contribution in [0.5, 0.6) is 17.4 Å². The van der Waals surface area contributed by atoms with Crippen LogP contribution in [0.2, 0.25) is 0 Å². The van der Waals surface area contributed by atoms with Gasteiger partial charge in [-0.1, -0.05) is 6.07 Å². The fourth-order valence-electron chi connectivity index (χ4n) is 2.81. The van der Waals surface area contributed by atoms with Crippen molar-refractivity contribution >= 4 is 32.8 Å². The van der Waals surface area contributed by atoms with Gasteiger partial charge >= 0.3 is 0 Å². The molecule has 0 unspecified atom stereocenters. The van der Waals surface area contributed by atoms with Gasteiger partial charge in [-0.2, -0.15) is 4.98 Å². The summed E-state index contributed by atoms with van der Waals surface area (Å²) in [5.41, 5.74) is 2.32. The summed E-state index contributed by atoms with van der Waals surface area (Å²) in [6, 6.07) is 13.3. The number of nitrogens with zero attached hydrogens (tertiary/aromatic N) is 5. The van der Waals surface area contributed by atoms with Crippen LogP contribution in [0.4, 0.5) is 5.95 Å². The van der Waals surface area contributed by atoms with Gasteiger partial charge in [0, 0.05) is 37.9 Å². The van der Waals surface area contributed by atoms with Crippen molar-refractivity contribution in [3.05, 3.63) is 59.5 Å². The molecule has 0 saturated carbocycles. The minimum Gasteiger partial charge on any atom is -0.480 e. The molecule has 0 atom stereocenters. The van der Waals surface area contributed by atoms with Crippen molar-refractivity contribution in [2.24, 2.45) is 0 Å². The molecule has 1 aromatic carbocycles. The standard InChI is InChI=1S/C21H18BrN5O2/c1-27(2)21-24-12-16(20(26-21)28-3)18-6-4-13-10-14(5-7-17(13)25-18)29-15-8-9-23-19(22)11-15/h4-12H,1-3H3. The second-order valence-electron chi connectivity index (χ2n) is 6.45. The molecule has 3 aromatic heterocycles. The molecule has 0 aliphatic heterocycles. The highest BCUT2D eigenvalue weighted by Gasteiger charge is 2.13. The summed E-state index contributed by atoms with van der Waals surface area (Å²) < 4.78 is 12.1. The predicted octanol–water partition coefficient (Wildman–Crippen LogP) is 4.72. The van der Waals surface area contributed by atoms with Gasteiger partial charge in [0.1, 0.15) is 16.1 Å². The van der Waals surface area contributed by atoms with Gasteiger partial charge in [0.2, 0.25) is 11.8 Å². The monoisotopic (exact) mass is 451 g/mol. The number of rotatable bonds is 5. The molecule has 7 nitrogen and oxygen atoms in total. The molecule has 4 aromatic rings. The topological polar surface area (TPSA) is 73.3 Å². The molecule has 29 heavy (non-hydrogen) atoms. The smallest absolute Gasteiger partial charge is 0.228 e. The summed E-state index contributed by atoms with van der Waals surface area (Å²) in [5.74, 6) is 2.50. The largest absolute Gasteiger partial charge is 0.480 e. The molecule has 0 N–H and O–H groups in total. The van der Waals surface area contributed by atoms with E-state index >= 15 is 0 Å². The van der Waals surface area contributed by atoms with Gasteiger partial charge in [-0.3, -0.25) is 0 Å². The van der Waals surface area contributed by atoms with Gasteiger partial charge in [-0.15, -0.1) is 0 Å². The summed E-state index contributed by atoms with van der Waals surface area (Å²) >= 11 is 3.35. The van der Waals surface area contributed by atoms with E-state index in [2.05, 4.69) is 30.9 Å². The Bertz CT molecular complexity index is 1180. The first-order valence-electron chi connectivity index (χ1n) is 8.82. The SMILES string of the molecule is COc1nc(N(C)C)ncc1-c1ccc2cc(Oc3ccnc(Br)c3)ccc2n1. The molecule has 0 saturated heterocycles. The number of pyridine rings is 2. The Hall–Kier alpha value is -3.26. The van der Waals surface area contributed by atoms with Gasteiger partial charge in [0.15, 0.2) is 0 Å². The fraction of sp³-hybridized carbons (Fsp3) is 0.143. The second kappa shape index (κ2) is 8.00.